The predicted molar refractivity (Wildman–Crippen MR) is 78.8 cm³/mol. The molecule has 0 atom stereocenters. The Balaban J connectivity index is 1.88. The third-order valence-corrected chi connectivity index (χ3v) is 4.16. The first kappa shape index (κ1) is 13.8. The topological polar surface area (TPSA) is 67.1 Å². The van der Waals surface area contributed by atoms with E-state index in [1.807, 2.05) is 17.8 Å². The van der Waals surface area contributed by atoms with Crippen LogP contribution in [0.25, 0.3) is 11.0 Å². The Morgan fingerprint density at radius 1 is 1.35 bits per heavy atom. The normalized spacial score (nSPS) is 17.8. The molecule has 1 saturated heterocycles. The smallest absolute Gasteiger partial charge is 0.376 e. The largest absolute Gasteiger partial charge is 0.437 e. The minimum atomic E-state index is -0.385. The molecule has 0 unspecified atom stereocenters. The van der Waals surface area contributed by atoms with Crippen molar-refractivity contribution in [1.29, 1.82) is 0 Å². The van der Waals surface area contributed by atoms with Gasteiger partial charge in [0.1, 0.15) is 0 Å². The van der Waals surface area contributed by atoms with Gasteiger partial charge in [-0.25, -0.2) is 9.67 Å². The lowest BCUT2D eigenvalue weighted by Gasteiger charge is -2.32. The van der Waals surface area contributed by atoms with Crippen LogP contribution in [-0.4, -0.2) is 49.7 Å². The van der Waals surface area contributed by atoms with Crippen LogP contribution in [0.4, 0.5) is 0 Å². The molecule has 0 bridgehead atoms. The fourth-order valence-electron chi connectivity index (χ4n) is 2.80. The second kappa shape index (κ2) is 5.31. The molecule has 6 nitrogen and oxygen atoms in total. The Kier molecular flexibility index (Phi) is 3.66. The van der Waals surface area contributed by atoms with Gasteiger partial charge in [-0.2, -0.15) is 10.1 Å². The highest BCUT2D eigenvalue weighted by Crippen LogP contribution is 2.26. The summed E-state index contributed by atoms with van der Waals surface area (Å²) >= 11 is 5.95. The molecule has 106 valence electrons. The van der Waals surface area contributed by atoms with E-state index < -0.39 is 0 Å². The minimum Gasteiger partial charge on any atom is -0.437 e. The number of piperidine rings is 1. The summed E-state index contributed by atoms with van der Waals surface area (Å²) in [6.07, 6.45) is 3.70. The van der Waals surface area contributed by atoms with E-state index in [9.17, 15) is 5.02 Å². The molecule has 3 heterocycles. The second-order valence-corrected chi connectivity index (χ2v) is 5.64. The minimum absolute atomic E-state index is 0.262. The third-order valence-electron chi connectivity index (χ3n) is 3.99. The third kappa shape index (κ3) is 2.41. The van der Waals surface area contributed by atoms with Crippen molar-refractivity contribution in [3.8, 4) is 0 Å². The van der Waals surface area contributed by atoms with E-state index in [0.717, 1.165) is 42.7 Å². The highest BCUT2D eigenvalue weighted by molar-refractivity contribution is 6.45. The molecular weight excluding hydrogens is 276 g/mol. The SMILES string of the molecule is CB(O)N1CCC(n2ncc3c(C)nc(Cl)nc32)CC1. The fourth-order valence-corrected chi connectivity index (χ4v) is 3.01. The maximum absolute atomic E-state index is 9.60. The monoisotopic (exact) mass is 293 g/mol. The number of hydrogen-bond acceptors (Lipinski definition) is 5. The average molecular weight is 294 g/mol. The molecule has 0 aromatic carbocycles. The van der Waals surface area contributed by atoms with Crippen LogP contribution in [0.1, 0.15) is 24.6 Å². The summed E-state index contributed by atoms with van der Waals surface area (Å²) in [5.74, 6) is 0. The van der Waals surface area contributed by atoms with Crippen LogP contribution in [0.15, 0.2) is 6.20 Å². The molecule has 0 radical (unpaired) electrons. The number of halogens is 1. The van der Waals surface area contributed by atoms with Crippen molar-refractivity contribution in [2.45, 2.75) is 32.6 Å². The molecule has 1 aliphatic rings. The highest BCUT2D eigenvalue weighted by Gasteiger charge is 2.26. The van der Waals surface area contributed by atoms with Gasteiger partial charge in [-0.1, -0.05) is 0 Å². The van der Waals surface area contributed by atoms with E-state index >= 15 is 0 Å². The van der Waals surface area contributed by atoms with Gasteiger partial charge >= 0.3 is 7.05 Å². The molecule has 0 aliphatic carbocycles. The Bertz CT molecular complexity index is 624. The van der Waals surface area contributed by atoms with Crippen LogP contribution < -0.4 is 0 Å². The van der Waals surface area contributed by atoms with Crippen molar-refractivity contribution < 1.29 is 5.02 Å². The fraction of sp³-hybridized carbons (Fsp3) is 0.583. The summed E-state index contributed by atoms with van der Waals surface area (Å²) < 4.78 is 1.95. The highest BCUT2D eigenvalue weighted by atomic mass is 35.5. The zero-order chi connectivity index (χ0) is 14.3. The lowest BCUT2D eigenvalue weighted by molar-refractivity contribution is 0.244. The summed E-state index contributed by atoms with van der Waals surface area (Å²) in [7, 11) is -0.385. The number of hydrogen-bond donors (Lipinski definition) is 1. The maximum Gasteiger partial charge on any atom is 0.376 e. The average Bonchev–Trinajstić information content (AvgIpc) is 2.82. The zero-order valence-corrected chi connectivity index (χ0v) is 12.4. The Labute approximate surface area is 122 Å². The quantitative estimate of drug-likeness (QED) is 0.672. The van der Waals surface area contributed by atoms with Crippen LogP contribution in [0.2, 0.25) is 12.1 Å². The van der Waals surface area contributed by atoms with Gasteiger partial charge in [0, 0.05) is 0 Å². The predicted octanol–water partition coefficient (Wildman–Crippen LogP) is 1.54. The summed E-state index contributed by atoms with van der Waals surface area (Å²) in [6, 6.07) is 0.299. The van der Waals surface area contributed by atoms with Gasteiger partial charge in [-0.05, 0) is 51.3 Å². The van der Waals surface area contributed by atoms with Crippen molar-refractivity contribution >= 4 is 29.7 Å². The molecule has 2 aromatic rings. The van der Waals surface area contributed by atoms with Crippen LogP contribution in [0.5, 0.6) is 0 Å². The van der Waals surface area contributed by atoms with Crippen LogP contribution in [0, 0.1) is 6.92 Å². The van der Waals surface area contributed by atoms with Crippen molar-refractivity contribution in [3.63, 3.8) is 0 Å². The molecule has 20 heavy (non-hydrogen) atoms. The van der Waals surface area contributed by atoms with E-state index in [1.54, 1.807) is 6.82 Å². The van der Waals surface area contributed by atoms with E-state index in [0.29, 0.717) is 6.04 Å². The lowest BCUT2D eigenvalue weighted by atomic mass is 9.82. The van der Waals surface area contributed by atoms with Gasteiger partial charge in [0.2, 0.25) is 5.28 Å². The van der Waals surface area contributed by atoms with Gasteiger partial charge in [0.05, 0.1) is 23.3 Å². The Morgan fingerprint density at radius 2 is 2.05 bits per heavy atom. The van der Waals surface area contributed by atoms with Crippen molar-refractivity contribution in [3.05, 3.63) is 17.2 Å². The van der Waals surface area contributed by atoms with Gasteiger partial charge in [-0.3, -0.25) is 0 Å². The van der Waals surface area contributed by atoms with E-state index in [1.165, 1.54) is 0 Å². The molecule has 1 N–H and O–H groups in total. The Morgan fingerprint density at radius 3 is 2.70 bits per heavy atom. The summed E-state index contributed by atoms with van der Waals surface area (Å²) in [5, 5.41) is 15.3. The maximum atomic E-state index is 9.60. The van der Waals surface area contributed by atoms with Crippen molar-refractivity contribution in [2.24, 2.45) is 0 Å². The number of aryl methyl sites for hydroxylation is 1. The lowest BCUT2D eigenvalue weighted by Crippen LogP contribution is -2.43. The molecule has 1 aliphatic heterocycles. The zero-order valence-electron chi connectivity index (χ0n) is 11.6. The molecule has 8 heteroatoms. The molecule has 1 fully saturated rings. The van der Waals surface area contributed by atoms with Crippen LogP contribution in [-0.2, 0) is 0 Å². The first-order chi connectivity index (χ1) is 9.56. The molecule has 2 aromatic heterocycles. The first-order valence-corrected chi connectivity index (χ1v) is 7.23. The number of aromatic nitrogens is 4. The van der Waals surface area contributed by atoms with Gasteiger partial charge in [0.25, 0.3) is 0 Å². The standard InChI is InChI=1S/C12H17BClN5O/c1-8-10-7-15-19(11(10)17-12(14)16-8)9-3-5-18(6-4-9)13(2)20/h7,9,20H,3-6H2,1-2H3. The number of rotatable bonds is 2. The van der Waals surface area contributed by atoms with E-state index in [-0.39, 0.29) is 12.3 Å². The molecule has 0 spiro atoms. The van der Waals surface area contributed by atoms with Gasteiger partial charge < -0.3 is 9.83 Å². The summed E-state index contributed by atoms with van der Waals surface area (Å²) in [5.41, 5.74) is 1.66. The molecular formula is C12H17BClN5O. The molecule has 0 saturated carbocycles. The van der Waals surface area contributed by atoms with E-state index in [2.05, 4.69) is 19.9 Å². The molecule has 0 amide bonds. The summed E-state index contributed by atoms with van der Waals surface area (Å²) in [4.78, 5) is 10.5. The van der Waals surface area contributed by atoms with Crippen LogP contribution >= 0.6 is 11.6 Å². The van der Waals surface area contributed by atoms with E-state index in [4.69, 9.17) is 11.6 Å². The van der Waals surface area contributed by atoms with Gasteiger partial charge in [-0.15, -0.1) is 0 Å². The van der Waals surface area contributed by atoms with Gasteiger partial charge in [0.15, 0.2) is 5.65 Å². The number of fused-ring (bicyclic) bond motifs is 1. The number of nitrogens with zero attached hydrogens (tertiary/aromatic N) is 5. The van der Waals surface area contributed by atoms with Crippen LogP contribution in [0.3, 0.4) is 0 Å². The van der Waals surface area contributed by atoms with Crippen molar-refractivity contribution in [2.75, 3.05) is 13.1 Å². The second-order valence-electron chi connectivity index (χ2n) is 5.30. The first-order valence-electron chi connectivity index (χ1n) is 6.85. The van der Waals surface area contributed by atoms with Crippen molar-refractivity contribution in [1.82, 2.24) is 24.6 Å². The summed E-state index contributed by atoms with van der Waals surface area (Å²) in [6.45, 7) is 5.45. The molecule has 3 rings (SSSR count). The Hall–Kier alpha value is -1.18.